The normalized spacial score (nSPS) is 16.7. The zero-order valence-corrected chi connectivity index (χ0v) is 22.6. The summed E-state index contributed by atoms with van der Waals surface area (Å²) in [4.78, 5) is 9.66. The van der Waals surface area contributed by atoms with Crippen molar-refractivity contribution in [2.45, 2.75) is 51.7 Å². The van der Waals surface area contributed by atoms with Gasteiger partial charge >= 0.3 is 0 Å². The smallest absolute Gasteiger partial charge is 0.191 e. The monoisotopic (exact) mass is 547 g/mol. The standard InChI is InChI=1S/C23H41N5O2.HI/c1-8-24-23(26-19-11-13-28(14-12-19)17(2)3)25-16-20(27(4)5)18-9-10-21(29-6)22(15-18)30-7;/h9-10,15,17,19-20H,8,11-14,16H2,1-7H3,(H2,24,25,26);1H. The van der Waals surface area contributed by atoms with Crippen LogP contribution in [0.5, 0.6) is 11.5 Å². The molecule has 178 valence electrons. The average molecular weight is 548 g/mol. The van der Waals surface area contributed by atoms with E-state index in [1.807, 2.05) is 12.1 Å². The van der Waals surface area contributed by atoms with Gasteiger partial charge in [-0.05, 0) is 65.4 Å². The summed E-state index contributed by atoms with van der Waals surface area (Å²) < 4.78 is 10.9. The molecule has 1 saturated heterocycles. The van der Waals surface area contributed by atoms with Crippen molar-refractivity contribution in [1.29, 1.82) is 0 Å². The Labute approximate surface area is 206 Å². The van der Waals surface area contributed by atoms with Crippen LogP contribution < -0.4 is 20.1 Å². The first-order valence-electron chi connectivity index (χ1n) is 11.1. The molecule has 1 fully saturated rings. The minimum atomic E-state index is 0. The van der Waals surface area contributed by atoms with Gasteiger partial charge in [-0.3, -0.25) is 4.99 Å². The highest BCUT2D eigenvalue weighted by atomic mass is 127. The Morgan fingerprint density at radius 2 is 1.81 bits per heavy atom. The number of halogens is 1. The van der Waals surface area contributed by atoms with Crippen molar-refractivity contribution in [3.63, 3.8) is 0 Å². The van der Waals surface area contributed by atoms with E-state index >= 15 is 0 Å². The van der Waals surface area contributed by atoms with Gasteiger partial charge < -0.3 is 29.9 Å². The number of rotatable bonds is 9. The van der Waals surface area contributed by atoms with Crippen molar-refractivity contribution in [3.8, 4) is 11.5 Å². The summed E-state index contributed by atoms with van der Waals surface area (Å²) in [5.74, 6) is 2.38. The maximum atomic E-state index is 5.49. The number of nitrogens with zero attached hydrogens (tertiary/aromatic N) is 3. The lowest BCUT2D eigenvalue weighted by atomic mass is 10.0. The van der Waals surface area contributed by atoms with Crippen LogP contribution in [0.4, 0.5) is 0 Å². The number of aliphatic imine (C=N–C) groups is 1. The van der Waals surface area contributed by atoms with Crippen LogP contribution in [0.3, 0.4) is 0 Å². The Morgan fingerprint density at radius 3 is 2.32 bits per heavy atom. The first-order chi connectivity index (χ1) is 14.4. The molecule has 0 spiro atoms. The van der Waals surface area contributed by atoms with Gasteiger partial charge in [0.25, 0.3) is 0 Å². The molecule has 1 aliphatic heterocycles. The third-order valence-corrected chi connectivity index (χ3v) is 5.78. The number of hydrogen-bond donors (Lipinski definition) is 2. The second kappa shape index (κ2) is 14.0. The number of likely N-dealkylation sites (tertiary alicyclic amines) is 1. The van der Waals surface area contributed by atoms with Gasteiger partial charge in [-0.1, -0.05) is 6.07 Å². The van der Waals surface area contributed by atoms with E-state index in [0.717, 1.165) is 55.5 Å². The van der Waals surface area contributed by atoms with Crippen molar-refractivity contribution in [2.75, 3.05) is 54.5 Å². The van der Waals surface area contributed by atoms with E-state index in [1.165, 1.54) is 0 Å². The second-order valence-electron chi connectivity index (χ2n) is 8.36. The van der Waals surface area contributed by atoms with E-state index in [4.69, 9.17) is 14.5 Å². The molecule has 0 bridgehead atoms. The molecule has 0 radical (unpaired) electrons. The highest BCUT2D eigenvalue weighted by Gasteiger charge is 2.22. The molecular weight excluding hydrogens is 505 g/mol. The molecule has 0 aromatic heterocycles. The molecule has 0 saturated carbocycles. The minimum absolute atomic E-state index is 0. The molecule has 8 heteroatoms. The Morgan fingerprint density at radius 1 is 1.16 bits per heavy atom. The Kier molecular flexibility index (Phi) is 12.5. The maximum Gasteiger partial charge on any atom is 0.191 e. The largest absolute Gasteiger partial charge is 0.493 e. The summed E-state index contributed by atoms with van der Waals surface area (Å²) in [5, 5.41) is 7.06. The van der Waals surface area contributed by atoms with E-state index in [-0.39, 0.29) is 30.0 Å². The van der Waals surface area contributed by atoms with Crippen LogP contribution >= 0.6 is 24.0 Å². The number of ether oxygens (including phenoxy) is 2. The summed E-state index contributed by atoms with van der Waals surface area (Å²) in [6.45, 7) is 10.4. The van der Waals surface area contributed by atoms with Gasteiger partial charge in [0, 0.05) is 31.7 Å². The second-order valence-corrected chi connectivity index (χ2v) is 8.36. The number of methoxy groups -OCH3 is 2. The molecule has 1 aliphatic rings. The summed E-state index contributed by atoms with van der Waals surface area (Å²) >= 11 is 0. The van der Waals surface area contributed by atoms with Gasteiger partial charge in [0.05, 0.1) is 26.8 Å². The van der Waals surface area contributed by atoms with Gasteiger partial charge in [-0.2, -0.15) is 0 Å². The van der Waals surface area contributed by atoms with Gasteiger partial charge in [-0.15, -0.1) is 24.0 Å². The van der Waals surface area contributed by atoms with Gasteiger partial charge in [0.1, 0.15) is 0 Å². The zero-order valence-electron chi connectivity index (χ0n) is 20.3. The molecule has 31 heavy (non-hydrogen) atoms. The number of benzene rings is 1. The summed E-state index contributed by atoms with van der Waals surface area (Å²) in [5.41, 5.74) is 1.16. The highest BCUT2D eigenvalue weighted by Crippen LogP contribution is 2.31. The van der Waals surface area contributed by atoms with E-state index < -0.39 is 0 Å². The first kappa shape index (κ1) is 27.8. The molecule has 1 unspecified atom stereocenters. The minimum Gasteiger partial charge on any atom is -0.493 e. The molecule has 7 nitrogen and oxygen atoms in total. The number of likely N-dealkylation sites (N-methyl/N-ethyl adjacent to an activating group) is 1. The lowest BCUT2D eigenvalue weighted by Gasteiger charge is -2.35. The van der Waals surface area contributed by atoms with Crippen molar-refractivity contribution >= 4 is 29.9 Å². The quantitative estimate of drug-likeness (QED) is 0.281. The van der Waals surface area contributed by atoms with Crippen LogP contribution in [0, 0.1) is 0 Å². The summed E-state index contributed by atoms with van der Waals surface area (Å²) in [6.07, 6.45) is 2.30. The molecule has 2 N–H and O–H groups in total. The fraction of sp³-hybridized carbons (Fsp3) is 0.696. The van der Waals surface area contributed by atoms with Crippen LogP contribution in [0.1, 0.15) is 45.2 Å². The topological polar surface area (TPSA) is 61.4 Å². The van der Waals surface area contributed by atoms with Gasteiger partial charge in [0.2, 0.25) is 0 Å². The highest BCUT2D eigenvalue weighted by molar-refractivity contribution is 14.0. The van der Waals surface area contributed by atoms with Gasteiger partial charge in [0.15, 0.2) is 17.5 Å². The molecular formula is C23H42IN5O2. The maximum absolute atomic E-state index is 5.49. The fourth-order valence-electron chi connectivity index (χ4n) is 3.88. The average Bonchev–Trinajstić information content (AvgIpc) is 2.73. The SMILES string of the molecule is CCNC(=NCC(c1ccc(OC)c(OC)c1)N(C)C)NC1CCN(C(C)C)CC1.I. The van der Waals surface area contributed by atoms with Crippen LogP contribution in [0.2, 0.25) is 0 Å². The predicted molar refractivity (Wildman–Crippen MR) is 140 cm³/mol. The van der Waals surface area contributed by atoms with E-state index in [9.17, 15) is 0 Å². The number of nitrogens with one attached hydrogen (secondary N) is 2. The van der Waals surface area contributed by atoms with E-state index in [1.54, 1.807) is 14.2 Å². The molecule has 0 amide bonds. The van der Waals surface area contributed by atoms with Crippen LogP contribution in [0.25, 0.3) is 0 Å². The van der Waals surface area contributed by atoms with Crippen LogP contribution in [-0.4, -0.2) is 82.3 Å². The lowest BCUT2D eigenvalue weighted by Crippen LogP contribution is -2.50. The van der Waals surface area contributed by atoms with Crippen LogP contribution in [0.15, 0.2) is 23.2 Å². The summed E-state index contributed by atoms with van der Waals surface area (Å²) in [6, 6.07) is 7.32. The van der Waals surface area contributed by atoms with Crippen molar-refractivity contribution in [3.05, 3.63) is 23.8 Å². The first-order valence-corrected chi connectivity index (χ1v) is 11.1. The molecule has 1 aromatic carbocycles. The zero-order chi connectivity index (χ0) is 22.1. The number of piperidine rings is 1. The van der Waals surface area contributed by atoms with Crippen molar-refractivity contribution < 1.29 is 9.47 Å². The van der Waals surface area contributed by atoms with E-state index in [2.05, 4.69) is 61.4 Å². The van der Waals surface area contributed by atoms with Crippen molar-refractivity contribution in [2.24, 2.45) is 4.99 Å². The van der Waals surface area contributed by atoms with Crippen molar-refractivity contribution in [1.82, 2.24) is 20.4 Å². The Hall–Kier alpha value is -1.26. The lowest BCUT2D eigenvalue weighted by molar-refractivity contribution is 0.167. The molecule has 2 rings (SSSR count). The Balaban J connectivity index is 0.00000480. The molecule has 1 atom stereocenters. The molecule has 1 aromatic rings. The fourth-order valence-corrected chi connectivity index (χ4v) is 3.88. The molecule has 1 heterocycles. The third kappa shape index (κ3) is 8.31. The number of guanidine groups is 1. The number of hydrogen-bond acceptors (Lipinski definition) is 5. The Bertz CT molecular complexity index is 676. The third-order valence-electron chi connectivity index (χ3n) is 5.78. The van der Waals surface area contributed by atoms with Crippen LogP contribution in [-0.2, 0) is 0 Å². The van der Waals surface area contributed by atoms with E-state index in [0.29, 0.717) is 18.6 Å². The van der Waals surface area contributed by atoms with Gasteiger partial charge in [-0.25, -0.2) is 0 Å². The molecule has 0 aliphatic carbocycles. The predicted octanol–water partition coefficient (Wildman–Crippen LogP) is 3.35. The summed E-state index contributed by atoms with van der Waals surface area (Å²) in [7, 11) is 7.49.